The molecule has 0 aromatic carbocycles. The number of rotatable bonds is 7. The number of esters is 1. The Balaban J connectivity index is 1.48. The second-order valence-corrected chi connectivity index (χ2v) is 9.17. The van der Waals surface area contributed by atoms with Gasteiger partial charge in [0.25, 0.3) is 0 Å². The molecular weight excluding hydrogens is 436 g/mol. The van der Waals surface area contributed by atoms with E-state index in [0.717, 1.165) is 37.7 Å². The molecule has 1 amide bonds. The summed E-state index contributed by atoms with van der Waals surface area (Å²) in [4.78, 5) is 26.3. The third-order valence-electron chi connectivity index (χ3n) is 5.17. The number of nitrogens with zero attached hydrogens (tertiary/aromatic N) is 3. The van der Waals surface area contributed by atoms with Crippen LogP contribution < -0.4 is 5.32 Å². The zero-order valence-electron chi connectivity index (χ0n) is 17.5. The minimum atomic E-state index is -0.392. The molecule has 0 saturated heterocycles. The van der Waals surface area contributed by atoms with Crippen molar-refractivity contribution in [3.8, 4) is 11.6 Å². The number of nitrogens with one attached hydrogen (secondary N) is 1. The van der Waals surface area contributed by atoms with Crippen molar-refractivity contribution in [3.63, 3.8) is 0 Å². The third-order valence-corrected chi connectivity index (χ3v) is 7.34. The Bertz CT molecular complexity index is 1070. The zero-order valence-corrected chi connectivity index (χ0v) is 19.1. The van der Waals surface area contributed by atoms with Gasteiger partial charge in [0.05, 0.1) is 24.7 Å². The molecule has 8 nitrogen and oxygen atoms in total. The number of aryl methyl sites for hydroxylation is 1. The maximum atomic E-state index is 12.7. The van der Waals surface area contributed by atoms with Crippen LogP contribution in [0.4, 0.5) is 5.00 Å². The summed E-state index contributed by atoms with van der Waals surface area (Å²) in [6.45, 7) is 2.64. The zero-order chi connectivity index (χ0) is 21.8. The molecule has 0 fully saturated rings. The Kier molecular flexibility index (Phi) is 6.77. The summed E-state index contributed by atoms with van der Waals surface area (Å²) in [6.07, 6.45) is 6.66. The number of hydrogen-bond acceptors (Lipinski definition) is 8. The van der Waals surface area contributed by atoms with Crippen molar-refractivity contribution in [2.24, 2.45) is 0 Å². The lowest BCUT2D eigenvalue weighted by Crippen LogP contribution is -2.16. The van der Waals surface area contributed by atoms with Crippen molar-refractivity contribution in [2.45, 2.75) is 50.7 Å². The van der Waals surface area contributed by atoms with Crippen molar-refractivity contribution in [2.75, 3.05) is 18.2 Å². The first-order chi connectivity index (χ1) is 15.1. The van der Waals surface area contributed by atoms with E-state index in [2.05, 4.69) is 15.5 Å². The Hall–Kier alpha value is -2.59. The first-order valence-electron chi connectivity index (χ1n) is 10.2. The van der Waals surface area contributed by atoms with Crippen LogP contribution in [0.3, 0.4) is 0 Å². The van der Waals surface area contributed by atoms with E-state index in [1.807, 2.05) is 17.6 Å². The fourth-order valence-electron chi connectivity index (χ4n) is 3.71. The maximum Gasteiger partial charge on any atom is 0.341 e. The monoisotopic (exact) mass is 460 g/mol. The molecule has 4 rings (SSSR count). The average Bonchev–Trinajstić information content (AvgIpc) is 3.47. The predicted octanol–water partition coefficient (Wildman–Crippen LogP) is 4.41. The van der Waals surface area contributed by atoms with E-state index in [4.69, 9.17) is 9.15 Å². The number of ether oxygens (including phenoxy) is 1. The van der Waals surface area contributed by atoms with Gasteiger partial charge in [0.2, 0.25) is 5.91 Å². The van der Waals surface area contributed by atoms with Crippen molar-refractivity contribution in [3.05, 3.63) is 34.4 Å². The highest BCUT2D eigenvalue weighted by molar-refractivity contribution is 7.99. The average molecular weight is 461 g/mol. The Labute approximate surface area is 188 Å². The lowest BCUT2D eigenvalue weighted by atomic mass is 10.1. The Morgan fingerprint density at radius 3 is 2.87 bits per heavy atom. The summed E-state index contributed by atoms with van der Waals surface area (Å²) in [5, 5.41) is 12.6. The number of amides is 1. The number of furan rings is 1. The molecule has 3 aromatic heterocycles. The number of thioether (sulfide) groups is 1. The lowest BCUT2D eigenvalue weighted by Gasteiger charge is -2.08. The van der Waals surface area contributed by atoms with Crippen LogP contribution in [0.5, 0.6) is 0 Å². The van der Waals surface area contributed by atoms with Crippen LogP contribution in [0.15, 0.2) is 28.0 Å². The molecule has 1 N–H and O–H groups in total. The van der Waals surface area contributed by atoms with Gasteiger partial charge in [-0.15, -0.1) is 21.5 Å². The van der Waals surface area contributed by atoms with Crippen LogP contribution in [0.2, 0.25) is 0 Å². The summed E-state index contributed by atoms with van der Waals surface area (Å²) in [5.41, 5.74) is 1.55. The fourth-order valence-corrected chi connectivity index (χ4v) is 5.81. The van der Waals surface area contributed by atoms with E-state index < -0.39 is 5.97 Å². The Morgan fingerprint density at radius 2 is 2.13 bits per heavy atom. The van der Waals surface area contributed by atoms with E-state index in [1.165, 1.54) is 35.1 Å². The van der Waals surface area contributed by atoms with E-state index in [1.54, 1.807) is 12.3 Å². The molecule has 10 heteroatoms. The first kappa shape index (κ1) is 21.6. The van der Waals surface area contributed by atoms with Gasteiger partial charge in [0.1, 0.15) is 5.00 Å². The highest BCUT2D eigenvalue weighted by atomic mass is 32.2. The molecule has 1 aliphatic carbocycles. The van der Waals surface area contributed by atoms with Crippen LogP contribution in [0.1, 0.15) is 47.0 Å². The number of hydrogen-bond donors (Lipinski definition) is 1. The van der Waals surface area contributed by atoms with E-state index in [0.29, 0.717) is 33.9 Å². The molecule has 0 unspecified atom stereocenters. The summed E-state index contributed by atoms with van der Waals surface area (Å²) >= 11 is 2.79. The van der Waals surface area contributed by atoms with E-state index >= 15 is 0 Å². The second-order valence-electron chi connectivity index (χ2n) is 7.12. The summed E-state index contributed by atoms with van der Waals surface area (Å²) in [6, 6.07) is 3.62. The van der Waals surface area contributed by atoms with Crippen LogP contribution in [0, 0.1) is 0 Å². The SMILES string of the molecule is CCn1c(SCC(=O)Nc2sc3c(c2C(=O)OC)CCCCC3)nnc1-c1ccco1. The van der Waals surface area contributed by atoms with Crippen molar-refractivity contribution in [1.82, 2.24) is 14.8 Å². The van der Waals surface area contributed by atoms with Crippen molar-refractivity contribution < 1.29 is 18.7 Å². The van der Waals surface area contributed by atoms with Gasteiger partial charge in [-0.1, -0.05) is 18.2 Å². The molecule has 3 heterocycles. The summed E-state index contributed by atoms with van der Waals surface area (Å²) in [7, 11) is 1.37. The van der Waals surface area contributed by atoms with E-state index in [-0.39, 0.29) is 11.7 Å². The number of carbonyl (C=O) groups is 2. The third kappa shape index (κ3) is 4.54. The van der Waals surface area contributed by atoms with Gasteiger partial charge in [-0.3, -0.25) is 9.36 Å². The van der Waals surface area contributed by atoms with E-state index in [9.17, 15) is 9.59 Å². The molecule has 31 heavy (non-hydrogen) atoms. The quantitative estimate of drug-likeness (QED) is 0.317. The number of aromatic nitrogens is 3. The highest BCUT2D eigenvalue weighted by Crippen LogP contribution is 2.38. The smallest absolute Gasteiger partial charge is 0.341 e. The van der Waals surface area contributed by atoms with Gasteiger partial charge in [-0.2, -0.15) is 0 Å². The maximum absolute atomic E-state index is 12.7. The van der Waals surface area contributed by atoms with Crippen molar-refractivity contribution >= 4 is 40.0 Å². The molecule has 0 atom stereocenters. The first-order valence-corrected chi connectivity index (χ1v) is 12.0. The fraction of sp³-hybridized carbons (Fsp3) is 0.429. The molecule has 1 aliphatic rings. The minimum absolute atomic E-state index is 0.152. The highest BCUT2D eigenvalue weighted by Gasteiger charge is 2.26. The van der Waals surface area contributed by atoms with Crippen LogP contribution in [-0.2, 0) is 28.9 Å². The van der Waals surface area contributed by atoms with Gasteiger partial charge >= 0.3 is 5.97 Å². The molecule has 3 aromatic rings. The van der Waals surface area contributed by atoms with Crippen LogP contribution in [-0.4, -0.2) is 39.5 Å². The lowest BCUT2D eigenvalue weighted by molar-refractivity contribution is -0.113. The number of carbonyl (C=O) groups excluding carboxylic acids is 2. The van der Waals surface area contributed by atoms with Crippen LogP contribution >= 0.6 is 23.1 Å². The Morgan fingerprint density at radius 1 is 1.29 bits per heavy atom. The molecule has 0 saturated carbocycles. The second kappa shape index (κ2) is 9.69. The molecule has 0 bridgehead atoms. The number of methoxy groups -OCH3 is 1. The van der Waals surface area contributed by atoms with Gasteiger partial charge in [-0.25, -0.2) is 4.79 Å². The topological polar surface area (TPSA) is 99.2 Å². The predicted molar refractivity (Wildman–Crippen MR) is 120 cm³/mol. The van der Waals surface area contributed by atoms with Gasteiger partial charge in [0, 0.05) is 11.4 Å². The summed E-state index contributed by atoms with van der Waals surface area (Å²) < 4.78 is 12.3. The molecule has 164 valence electrons. The number of anilines is 1. The normalized spacial score (nSPS) is 13.5. The molecule has 0 spiro atoms. The molecule has 0 radical (unpaired) electrons. The molecule has 0 aliphatic heterocycles. The number of fused-ring (bicyclic) bond motifs is 1. The minimum Gasteiger partial charge on any atom is -0.465 e. The number of thiophene rings is 1. The van der Waals surface area contributed by atoms with Gasteiger partial charge < -0.3 is 14.5 Å². The largest absolute Gasteiger partial charge is 0.465 e. The standard InChI is InChI=1S/C21H24N4O4S2/c1-3-25-18(14-9-7-11-29-14)23-24-21(25)30-12-16(26)22-19-17(20(27)28-2)13-8-5-4-6-10-15(13)31-19/h7,9,11H,3-6,8,10,12H2,1-2H3,(H,22,26). The van der Waals surface area contributed by atoms with Crippen molar-refractivity contribution in [1.29, 1.82) is 0 Å². The molecular formula is C21H24N4O4S2. The van der Waals surface area contributed by atoms with Gasteiger partial charge in [0.15, 0.2) is 16.7 Å². The summed E-state index contributed by atoms with van der Waals surface area (Å²) in [5.74, 6) is 0.825. The van der Waals surface area contributed by atoms with Gasteiger partial charge in [-0.05, 0) is 50.3 Å². The van der Waals surface area contributed by atoms with Crippen LogP contribution in [0.25, 0.3) is 11.6 Å².